The lowest BCUT2D eigenvalue weighted by atomic mass is 10.3. The Morgan fingerprint density at radius 2 is 2.15 bits per heavy atom. The Labute approximate surface area is 130 Å². The fraction of sp³-hybridized carbons (Fsp3) is 0.286. The topological polar surface area (TPSA) is 46.9 Å². The molecule has 1 amide bonds. The molecule has 0 saturated heterocycles. The van der Waals surface area contributed by atoms with Gasteiger partial charge in [-0.25, -0.2) is 4.98 Å². The monoisotopic (exact) mass is 351 g/mol. The summed E-state index contributed by atoms with van der Waals surface area (Å²) < 4.78 is 3.03. The molecule has 1 N–H and O–H groups in total. The number of nitrogens with one attached hydrogen (secondary N) is 1. The van der Waals surface area contributed by atoms with Crippen LogP contribution in [0.5, 0.6) is 0 Å². The second kappa shape index (κ2) is 6.01. The molecule has 4 nitrogen and oxygen atoms in total. The second-order valence-corrected chi connectivity index (χ2v) is 6.54. The SMILES string of the molecule is O=C(CSc1nccn1-c1ccc(Br)cc1)NC1CC1. The van der Waals surface area contributed by atoms with E-state index in [1.165, 1.54) is 11.8 Å². The quantitative estimate of drug-likeness (QED) is 0.842. The third-order valence-corrected chi connectivity index (χ3v) is 4.48. The normalized spacial score (nSPS) is 14.2. The molecule has 0 spiro atoms. The van der Waals surface area contributed by atoms with Crippen molar-refractivity contribution in [2.45, 2.75) is 24.0 Å². The number of nitrogens with zero attached hydrogens (tertiary/aromatic N) is 2. The molecule has 1 aliphatic rings. The van der Waals surface area contributed by atoms with Crippen molar-refractivity contribution in [3.8, 4) is 5.69 Å². The van der Waals surface area contributed by atoms with Gasteiger partial charge in [-0.3, -0.25) is 9.36 Å². The van der Waals surface area contributed by atoms with Gasteiger partial charge in [-0.15, -0.1) is 0 Å². The first kappa shape index (κ1) is 13.7. The van der Waals surface area contributed by atoms with E-state index in [-0.39, 0.29) is 5.91 Å². The van der Waals surface area contributed by atoms with Gasteiger partial charge in [-0.05, 0) is 37.1 Å². The van der Waals surface area contributed by atoms with Crippen molar-refractivity contribution >= 4 is 33.6 Å². The number of carbonyl (C=O) groups excluding carboxylic acids is 1. The molecule has 1 aromatic heterocycles. The Balaban J connectivity index is 1.66. The van der Waals surface area contributed by atoms with E-state index in [2.05, 4.69) is 26.2 Å². The average Bonchev–Trinajstić information content (AvgIpc) is 3.13. The van der Waals surface area contributed by atoms with Gasteiger partial charge in [0, 0.05) is 28.6 Å². The van der Waals surface area contributed by atoms with Gasteiger partial charge in [0.1, 0.15) is 0 Å². The number of halogens is 1. The number of thioether (sulfide) groups is 1. The van der Waals surface area contributed by atoms with Crippen LogP contribution in [0.4, 0.5) is 0 Å². The lowest BCUT2D eigenvalue weighted by Gasteiger charge is -2.07. The molecular weight excluding hydrogens is 338 g/mol. The van der Waals surface area contributed by atoms with Crippen molar-refractivity contribution in [1.29, 1.82) is 0 Å². The van der Waals surface area contributed by atoms with Gasteiger partial charge in [0.15, 0.2) is 5.16 Å². The van der Waals surface area contributed by atoms with Crippen LogP contribution in [-0.4, -0.2) is 27.3 Å². The zero-order valence-electron chi connectivity index (χ0n) is 10.8. The first-order chi connectivity index (χ1) is 9.72. The zero-order valence-corrected chi connectivity index (χ0v) is 13.2. The van der Waals surface area contributed by atoms with E-state index in [1.54, 1.807) is 6.20 Å². The highest BCUT2D eigenvalue weighted by atomic mass is 79.9. The van der Waals surface area contributed by atoms with Gasteiger partial charge in [-0.1, -0.05) is 27.7 Å². The zero-order chi connectivity index (χ0) is 13.9. The molecule has 1 saturated carbocycles. The van der Waals surface area contributed by atoms with Gasteiger partial charge >= 0.3 is 0 Å². The summed E-state index contributed by atoms with van der Waals surface area (Å²) in [5, 5.41) is 3.81. The Morgan fingerprint density at radius 3 is 2.85 bits per heavy atom. The number of hydrogen-bond donors (Lipinski definition) is 1. The number of aromatic nitrogens is 2. The number of rotatable bonds is 5. The van der Waals surface area contributed by atoms with E-state index in [1.807, 2.05) is 35.0 Å². The van der Waals surface area contributed by atoms with Crippen LogP contribution in [0.2, 0.25) is 0 Å². The highest BCUT2D eigenvalue weighted by Crippen LogP contribution is 2.23. The number of benzene rings is 1. The summed E-state index contributed by atoms with van der Waals surface area (Å²) >= 11 is 4.88. The van der Waals surface area contributed by atoms with Gasteiger partial charge in [0.05, 0.1) is 5.75 Å². The van der Waals surface area contributed by atoms with Crippen molar-refractivity contribution in [2.24, 2.45) is 0 Å². The minimum absolute atomic E-state index is 0.0860. The maximum Gasteiger partial charge on any atom is 0.230 e. The number of hydrogen-bond acceptors (Lipinski definition) is 3. The molecule has 2 aromatic rings. The van der Waals surface area contributed by atoms with Crippen molar-refractivity contribution < 1.29 is 4.79 Å². The lowest BCUT2D eigenvalue weighted by molar-refractivity contribution is -0.118. The van der Waals surface area contributed by atoms with Crippen LogP contribution in [0.1, 0.15) is 12.8 Å². The number of carbonyl (C=O) groups is 1. The highest BCUT2D eigenvalue weighted by Gasteiger charge is 2.23. The van der Waals surface area contributed by atoms with Crippen LogP contribution in [-0.2, 0) is 4.79 Å². The fourth-order valence-corrected chi connectivity index (χ4v) is 2.87. The van der Waals surface area contributed by atoms with Crippen molar-refractivity contribution in [2.75, 3.05) is 5.75 Å². The predicted octanol–water partition coefficient (Wildman–Crippen LogP) is 3.01. The van der Waals surface area contributed by atoms with Crippen molar-refractivity contribution in [1.82, 2.24) is 14.9 Å². The third-order valence-electron chi connectivity index (χ3n) is 2.99. The molecule has 1 fully saturated rings. The largest absolute Gasteiger partial charge is 0.353 e. The molecular formula is C14H14BrN3OS. The van der Waals surface area contributed by atoms with E-state index in [4.69, 9.17) is 0 Å². The molecule has 0 unspecified atom stereocenters. The molecule has 104 valence electrons. The van der Waals surface area contributed by atoms with Crippen LogP contribution in [0.25, 0.3) is 5.69 Å². The Morgan fingerprint density at radius 1 is 1.40 bits per heavy atom. The summed E-state index contributed by atoms with van der Waals surface area (Å²) in [5.74, 6) is 0.493. The lowest BCUT2D eigenvalue weighted by Crippen LogP contribution is -2.27. The van der Waals surface area contributed by atoms with Crippen molar-refractivity contribution in [3.63, 3.8) is 0 Å². The summed E-state index contributed by atoms with van der Waals surface area (Å²) in [6, 6.07) is 8.42. The van der Waals surface area contributed by atoms with Crippen molar-refractivity contribution in [3.05, 3.63) is 41.1 Å². The van der Waals surface area contributed by atoms with Gasteiger partial charge in [-0.2, -0.15) is 0 Å². The maximum absolute atomic E-state index is 11.7. The Hall–Kier alpha value is -1.27. The predicted molar refractivity (Wildman–Crippen MR) is 83.2 cm³/mol. The second-order valence-electron chi connectivity index (χ2n) is 4.69. The standard InChI is InChI=1S/C14H14BrN3OS/c15-10-1-5-12(6-2-10)18-8-7-16-14(18)20-9-13(19)17-11-3-4-11/h1-2,5-8,11H,3-4,9H2,(H,17,19). The molecule has 1 aliphatic carbocycles. The number of amides is 1. The summed E-state index contributed by atoms with van der Waals surface area (Å²) in [6.45, 7) is 0. The summed E-state index contributed by atoms with van der Waals surface area (Å²) in [7, 11) is 0. The molecule has 0 radical (unpaired) electrons. The molecule has 1 heterocycles. The van der Waals surface area contributed by atoms with Crippen LogP contribution in [0, 0.1) is 0 Å². The van der Waals surface area contributed by atoms with E-state index >= 15 is 0 Å². The first-order valence-corrected chi connectivity index (χ1v) is 8.22. The molecule has 0 bridgehead atoms. The molecule has 20 heavy (non-hydrogen) atoms. The number of imidazole rings is 1. The molecule has 0 aliphatic heterocycles. The Kier molecular flexibility index (Phi) is 4.12. The molecule has 1 aromatic carbocycles. The smallest absolute Gasteiger partial charge is 0.230 e. The minimum atomic E-state index is 0.0860. The van der Waals surface area contributed by atoms with E-state index in [9.17, 15) is 4.79 Å². The summed E-state index contributed by atoms with van der Waals surface area (Å²) in [5.41, 5.74) is 1.04. The Bertz CT molecular complexity index is 607. The van der Waals surface area contributed by atoms with E-state index < -0.39 is 0 Å². The maximum atomic E-state index is 11.7. The molecule has 3 rings (SSSR count). The highest BCUT2D eigenvalue weighted by molar-refractivity contribution is 9.10. The van der Waals surface area contributed by atoms with Crippen LogP contribution in [0.15, 0.2) is 46.3 Å². The molecule has 6 heteroatoms. The van der Waals surface area contributed by atoms with Crippen LogP contribution in [0.3, 0.4) is 0 Å². The van der Waals surface area contributed by atoms with Gasteiger partial charge in [0.2, 0.25) is 5.91 Å². The summed E-state index contributed by atoms with van der Waals surface area (Å²) in [4.78, 5) is 16.0. The van der Waals surface area contributed by atoms with Gasteiger partial charge < -0.3 is 5.32 Å². The first-order valence-electron chi connectivity index (χ1n) is 6.44. The van der Waals surface area contributed by atoms with Crippen LogP contribution < -0.4 is 5.32 Å². The minimum Gasteiger partial charge on any atom is -0.353 e. The average molecular weight is 352 g/mol. The van der Waals surface area contributed by atoms with E-state index in [0.717, 1.165) is 28.2 Å². The third kappa shape index (κ3) is 3.43. The van der Waals surface area contributed by atoms with Gasteiger partial charge in [0.25, 0.3) is 0 Å². The van der Waals surface area contributed by atoms with E-state index in [0.29, 0.717) is 11.8 Å². The molecule has 0 atom stereocenters. The van der Waals surface area contributed by atoms with Crippen LogP contribution >= 0.6 is 27.7 Å². The fourth-order valence-electron chi connectivity index (χ4n) is 1.82. The summed E-state index contributed by atoms with van der Waals surface area (Å²) in [6.07, 6.45) is 5.89.